The third-order valence-corrected chi connectivity index (χ3v) is 4.92. The Balaban J connectivity index is 1.33. The number of nitrogens with zero attached hydrogens (tertiary/aromatic N) is 6. The van der Waals surface area contributed by atoms with Gasteiger partial charge in [0.05, 0.1) is 18.3 Å². The summed E-state index contributed by atoms with van der Waals surface area (Å²) in [5, 5.41) is 4.22. The SMILES string of the molecule is O=C(c1ccc2nsnc2c1)N1CCN(CCn2cccn2)CC1. The first-order chi connectivity index (χ1) is 11.8. The first kappa shape index (κ1) is 15.2. The number of benzene rings is 1. The van der Waals surface area contributed by atoms with Crippen LogP contribution in [0.2, 0.25) is 0 Å². The van der Waals surface area contributed by atoms with Crippen molar-refractivity contribution in [3.8, 4) is 0 Å². The summed E-state index contributed by atoms with van der Waals surface area (Å²) in [7, 11) is 0. The molecular weight excluding hydrogens is 324 g/mol. The molecule has 1 amide bonds. The summed E-state index contributed by atoms with van der Waals surface area (Å²) in [6.07, 6.45) is 3.77. The number of amides is 1. The molecule has 1 saturated heterocycles. The summed E-state index contributed by atoms with van der Waals surface area (Å²) in [5.41, 5.74) is 2.34. The van der Waals surface area contributed by atoms with E-state index in [-0.39, 0.29) is 5.91 Å². The van der Waals surface area contributed by atoms with Gasteiger partial charge in [0, 0.05) is 50.7 Å². The Morgan fingerprint density at radius 3 is 2.71 bits per heavy atom. The predicted octanol–water partition coefficient (Wildman–Crippen LogP) is 1.35. The van der Waals surface area contributed by atoms with Crippen molar-refractivity contribution in [3.63, 3.8) is 0 Å². The van der Waals surface area contributed by atoms with Crippen LogP contribution in [0, 0.1) is 0 Å². The molecule has 1 fully saturated rings. The lowest BCUT2D eigenvalue weighted by atomic mass is 10.1. The minimum atomic E-state index is 0.0802. The van der Waals surface area contributed by atoms with Crippen molar-refractivity contribution in [1.29, 1.82) is 0 Å². The van der Waals surface area contributed by atoms with E-state index in [1.807, 2.05) is 40.0 Å². The van der Waals surface area contributed by atoms with Crippen molar-refractivity contribution >= 4 is 28.7 Å². The Kier molecular flexibility index (Phi) is 4.22. The lowest BCUT2D eigenvalue weighted by Gasteiger charge is -2.34. The zero-order chi connectivity index (χ0) is 16.4. The molecule has 1 aromatic carbocycles. The lowest BCUT2D eigenvalue weighted by molar-refractivity contribution is 0.0632. The molecule has 0 N–H and O–H groups in total. The van der Waals surface area contributed by atoms with Crippen molar-refractivity contribution < 1.29 is 4.79 Å². The quantitative estimate of drug-likeness (QED) is 0.716. The highest BCUT2D eigenvalue weighted by molar-refractivity contribution is 7.00. The van der Waals surface area contributed by atoms with Gasteiger partial charge in [-0.2, -0.15) is 13.8 Å². The number of hydrogen-bond acceptors (Lipinski definition) is 6. The third-order valence-electron chi connectivity index (χ3n) is 4.36. The predicted molar refractivity (Wildman–Crippen MR) is 92.0 cm³/mol. The molecule has 124 valence electrons. The van der Waals surface area contributed by atoms with Crippen LogP contribution in [-0.4, -0.2) is 67.0 Å². The van der Waals surface area contributed by atoms with E-state index in [0.717, 1.165) is 50.3 Å². The van der Waals surface area contributed by atoms with E-state index in [1.165, 1.54) is 11.7 Å². The van der Waals surface area contributed by atoms with Gasteiger partial charge in [0.15, 0.2) is 0 Å². The van der Waals surface area contributed by atoms with Gasteiger partial charge in [0.2, 0.25) is 0 Å². The Hall–Kier alpha value is -2.32. The number of piperazine rings is 1. The van der Waals surface area contributed by atoms with Gasteiger partial charge in [-0.1, -0.05) is 0 Å². The molecule has 0 spiro atoms. The minimum Gasteiger partial charge on any atom is -0.336 e. The van der Waals surface area contributed by atoms with Gasteiger partial charge >= 0.3 is 0 Å². The van der Waals surface area contributed by atoms with Crippen LogP contribution in [0.25, 0.3) is 11.0 Å². The molecule has 7 nitrogen and oxygen atoms in total. The van der Waals surface area contributed by atoms with E-state index >= 15 is 0 Å². The van der Waals surface area contributed by atoms with Crippen molar-refractivity contribution in [1.82, 2.24) is 28.3 Å². The molecule has 8 heteroatoms. The number of carbonyl (C=O) groups is 1. The largest absolute Gasteiger partial charge is 0.336 e. The van der Waals surface area contributed by atoms with Gasteiger partial charge in [-0.15, -0.1) is 0 Å². The summed E-state index contributed by atoms with van der Waals surface area (Å²) in [6, 6.07) is 7.49. The summed E-state index contributed by atoms with van der Waals surface area (Å²) >= 11 is 1.17. The molecule has 0 unspecified atom stereocenters. The summed E-state index contributed by atoms with van der Waals surface area (Å²) in [6.45, 7) is 5.15. The van der Waals surface area contributed by atoms with E-state index in [4.69, 9.17) is 0 Å². The van der Waals surface area contributed by atoms with Gasteiger partial charge in [-0.05, 0) is 24.3 Å². The number of rotatable bonds is 4. The van der Waals surface area contributed by atoms with Crippen LogP contribution in [-0.2, 0) is 6.54 Å². The molecule has 0 bridgehead atoms. The molecule has 2 aromatic heterocycles. The monoisotopic (exact) mass is 342 g/mol. The third kappa shape index (κ3) is 3.15. The summed E-state index contributed by atoms with van der Waals surface area (Å²) in [4.78, 5) is 17.0. The van der Waals surface area contributed by atoms with Crippen LogP contribution >= 0.6 is 11.7 Å². The van der Waals surface area contributed by atoms with E-state index < -0.39 is 0 Å². The highest BCUT2D eigenvalue weighted by Gasteiger charge is 2.22. The Bertz CT molecular complexity index is 822. The number of fused-ring (bicyclic) bond motifs is 1. The molecule has 0 aliphatic carbocycles. The van der Waals surface area contributed by atoms with Crippen LogP contribution in [0.1, 0.15) is 10.4 Å². The second-order valence-electron chi connectivity index (χ2n) is 5.87. The summed E-state index contributed by atoms with van der Waals surface area (Å²) in [5.74, 6) is 0.0802. The first-order valence-electron chi connectivity index (χ1n) is 8.01. The lowest BCUT2D eigenvalue weighted by Crippen LogP contribution is -2.49. The van der Waals surface area contributed by atoms with Gasteiger partial charge in [0.25, 0.3) is 5.91 Å². The van der Waals surface area contributed by atoms with Crippen LogP contribution in [0.5, 0.6) is 0 Å². The number of aromatic nitrogens is 4. The van der Waals surface area contributed by atoms with E-state index in [0.29, 0.717) is 5.56 Å². The fourth-order valence-corrected chi connectivity index (χ4v) is 3.47. The van der Waals surface area contributed by atoms with Crippen LogP contribution in [0.15, 0.2) is 36.7 Å². The average Bonchev–Trinajstić information content (AvgIpc) is 3.30. The van der Waals surface area contributed by atoms with Crippen molar-refractivity contribution in [2.24, 2.45) is 0 Å². The molecule has 0 atom stereocenters. The molecule has 1 aliphatic rings. The smallest absolute Gasteiger partial charge is 0.254 e. The molecule has 0 saturated carbocycles. The fourth-order valence-electron chi connectivity index (χ4n) is 2.95. The first-order valence-corrected chi connectivity index (χ1v) is 8.74. The maximum Gasteiger partial charge on any atom is 0.254 e. The Labute approximate surface area is 143 Å². The molecule has 3 aromatic rings. The fraction of sp³-hybridized carbons (Fsp3) is 0.375. The normalized spacial score (nSPS) is 15.9. The maximum atomic E-state index is 12.7. The van der Waals surface area contributed by atoms with Crippen LogP contribution in [0.3, 0.4) is 0 Å². The van der Waals surface area contributed by atoms with Gasteiger partial charge < -0.3 is 4.90 Å². The topological polar surface area (TPSA) is 67.2 Å². The average molecular weight is 342 g/mol. The Morgan fingerprint density at radius 2 is 1.92 bits per heavy atom. The molecular formula is C16H18N6OS. The number of hydrogen-bond donors (Lipinski definition) is 0. The van der Waals surface area contributed by atoms with Crippen molar-refractivity contribution in [2.45, 2.75) is 6.54 Å². The van der Waals surface area contributed by atoms with Crippen LogP contribution in [0.4, 0.5) is 0 Å². The molecule has 24 heavy (non-hydrogen) atoms. The van der Waals surface area contributed by atoms with Crippen LogP contribution < -0.4 is 0 Å². The minimum absolute atomic E-state index is 0.0802. The standard InChI is InChI=1S/C16H18N6OS/c23-16(13-2-3-14-15(12-13)19-24-18-14)21-9-6-20(7-10-21)8-11-22-5-1-4-17-22/h1-5,12H,6-11H2. The molecule has 3 heterocycles. The summed E-state index contributed by atoms with van der Waals surface area (Å²) < 4.78 is 10.3. The van der Waals surface area contributed by atoms with E-state index in [1.54, 1.807) is 6.20 Å². The van der Waals surface area contributed by atoms with Gasteiger partial charge in [-0.3, -0.25) is 14.4 Å². The second kappa shape index (κ2) is 6.66. The number of carbonyl (C=O) groups excluding carboxylic acids is 1. The molecule has 0 radical (unpaired) electrons. The molecule has 4 rings (SSSR count). The van der Waals surface area contributed by atoms with Gasteiger partial charge in [0.1, 0.15) is 11.0 Å². The highest BCUT2D eigenvalue weighted by atomic mass is 32.1. The molecule has 1 aliphatic heterocycles. The maximum absolute atomic E-state index is 12.7. The van der Waals surface area contributed by atoms with E-state index in [2.05, 4.69) is 18.7 Å². The second-order valence-corrected chi connectivity index (χ2v) is 6.40. The van der Waals surface area contributed by atoms with Crippen molar-refractivity contribution in [2.75, 3.05) is 32.7 Å². The Morgan fingerprint density at radius 1 is 1.08 bits per heavy atom. The highest BCUT2D eigenvalue weighted by Crippen LogP contribution is 2.16. The zero-order valence-electron chi connectivity index (χ0n) is 13.2. The van der Waals surface area contributed by atoms with Gasteiger partial charge in [-0.25, -0.2) is 0 Å². The van der Waals surface area contributed by atoms with Crippen molar-refractivity contribution in [3.05, 3.63) is 42.2 Å². The zero-order valence-corrected chi connectivity index (χ0v) is 14.0. The van der Waals surface area contributed by atoms with E-state index in [9.17, 15) is 4.79 Å².